The van der Waals surface area contributed by atoms with Gasteiger partial charge >= 0.3 is 0 Å². The van der Waals surface area contributed by atoms with Crippen LogP contribution in [0.25, 0.3) is 0 Å². The van der Waals surface area contributed by atoms with Gasteiger partial charge in [-0.1, -0.05) is 12.1 Å². The molecule has 0 fully saturated rings. The lowest BCUT2D eigenvalue weighted by molar-refractivity contribution is 0.0949. The van der Waals surface area contributed by atoms with Gasteiger partial charge in [-0.05, 0) is 49.6 Å². The van der Waals surface area contributed by atoms with Gasteiger partial charge in [0, 0.05) is 16.2 Å². The van der Waals surface area contributed by atoms with Crippen molar-refractivity contribution in [3.05, 3.63) is 46.8 Å². The van der Waals surface area contributed by atoms with Crippen LogP contribution < -0.4 is 5.43 Å². The topological polar surface area (TPSA) is 70.1 Å². The summed E-state index contributed by atoms with van der Waals surface area (Å²) in [6.07, 6.45) is 7.82. The molecule has 6 heteroatoms. The fourth-order valence-electron chi connectivity index (χ4n) is 2.58. The summed E-state index contributed by atoms with van der Waals surface area (Å²) < 4.78 is 0. The molecule has 0 saturated carbocycles. The zero-order valence-electron chi connectivity index (χ0n) is 12.4. The lowest BCUT2D eigenvalue weighted by Crippen LogP contribution is -2.20. The van der Waals surface area contributed by atoms with Crippen molar-refractivity contribution in [1.29, 1.82) is 0 Å². The molecule has 1 heterocycles. The largest absolute Gasteiger partial charge is 0.292 e. The molecule has 1 amide bonds. The van der Waals surface area contributed by atoms with Gasteiger partial charge in [-0.25, -0.2) is 5.43 Å². The molecule has 0 radical (unpaired) electrons. The summed E-state index contributed by atoms with van der Waals surface area (Å²) in [4.78, 5) is 13.4. The minimum absolute atomic E-state index is 0.253. The molecule has 0 spiro atoms. The van der Waals surface area contributed by atoms with E-state index in [-0.39, 0.29) is 5.91 Å². The van der Waals surface area contributed by atoms with Gasteiger partial charge in [-0.3, -0.25) is 9.89 Å². The van der Waals surface area contributed by atoms with Gasteiger partial charge in [0.05, 0.1) is 6.21 Å². The molecule has 5 nitrogen and oxygen atoms in total. The molecule has 0 atom stereocenters. The van der Waals surface area contributed by atoms with Crippen molar-refractivity contribution in [2.75, 3.05) is 6.26 Å². The number of aromatic nitrogens is 2. The second-order valence-corrected chi connectivity index (χ2v) is 6.09. The van der Waals surface area contributed by atoms with Crippen molar-refractivity contribution in [2.24, 2.45) is 5.10 Å². The highest BCUT2D eigenvalue weighted by atomic mass is 32.2. The highest BCUT2D eigenvalue weighted by Gasteiger charge is 2.21. The molecule has 2 N–H and O–H groups in total. The number of thioether (sulfide) groups is 1. The van der Waals surface area contributed by atoms with Gasteiger partial charge in [0.2, 0.25) is 0 Å². The number of amides is 1. The number of nitrogens with one attached hydrogen (secondary N) is 2. The zero-order chi connectivity index (χ0) is 15.4. The van der Waals surface area contributed by atoms with Crippen LogP contribution in [0.3, 0.4) is 0 Å². The zero-order valence-corrected chi connectivity index (χ0v) is 13.2. The van der Waals surface area contributed by atoms with Crippen LogP contribution in [0, 0.1) is 0 Å². The second kappa shape index (κ2) is 6.79. The first kappa shape index (κ1) is 14.8. The van der Waals surface area contributed by atoms with Gasteiger partial charge in [-0.2, -0.15) is 10.2 Å². The van der Waals surface area contributed by atoms with Crippen molar-refractivity contribution < 1.29 is 4.79 Å². The van der Waals surface area contributed by atoms with Gasteiger partial charge in [0.1, 0.15) is 0 Å². The Morgan fingerprint density at radius 3 is 2.86 bits per heavy atom. The molecule has 0 aliphatic heterocycles. The standard InChI is InChI=1S/C16H18N4OS/c1-22-12-8-6-11(7-9-12)10-17-20-16(21)15-13-4-2-3-5-14(13)18-19-15/h6-10H,2-5H2,1H3,(H,18,19)(H,20,21). The van der Waals surface area contributed by atoms with Crippen LogP contribution >= 0.6 is 11.8 Å². The maximum Gasteiger partial charge on any atom is 0.292 e. The summed E-state index contributed by atoms with van der Waals surface area (Å²) in [5, 5.41) is 11.1. The number of carbonyl (C=O) groups excluding carboxylic acids is 1. The predicted octanol–water partition coefficient (Wildman–Crippen LogP) is 2.77. The minimum atomic E-state index is -0.253. The Labute approximate surface area is 133 Å². The first-order valence-electron chi connectivity index (χ1n) is 7.31. The molecule has 114 valence electrons. The van der Waals surface area contributed by atoms with Crippen molar-refractivity contribution in [2.45, 2.75) is 30.6 Å². The Bertz CT molecular complexity index is 691. The smallest absolute Gasteiger partial charge is 0.281 e. The molecular formula is C16H18N4OS. The number of nitrogens with zero attached hydrogens (tertiary/aromatic N) is 2. The third-order valence-electron chi connectivity index (χ3n) is 3.77. The van der Waals surface area contributed by atoms with Gasteiger partial charge in [0.15, 0.2) is 5.69 Å². The Morgan fingerprint density at radius 1 is 1.32 bits per heavy atom. The second-order valence-electron chi connectivity index (χ2n) is 5.21. The fraction of sp³-hybridized carbons (Fsp3) is 0.312. The molecular weight excluding hydrogens is 296 g/mol. The Balaban J connectivity index is 1.64. The summed E-state index contributed by atoms with van der Waals surface area (Å²) in [6, 6.07) is 7.99. The summed E-state index contributed by atoms with van der Waals surface area (Å²) in [5.74, 6) is -0.253. The van der Waals surface area contributed by atoms with E-state index < -0.39 is 0 Å². The maximum absolute atomic E-state index is 12.2. The van der Waals surface area contributed by atoms with E-state index >= 15 is 0 Å². The predicted molar refractivity (Wildman–Crippen MR) is 88.5 cm³/mol. The number of rotatable bonds is 4. The number of hydrogen-bond acceptors (Lipinski definition) is 4. The summed E-state index contributed by atoms with van der Waals surface area (Å²) in [6.45, 7) is 0. The van der Waals surface area contributed by atoms with Crippen molar-refractivity contribution in [3.8, 4) is 0 Å². The number of H-pyrrole nitrogens is 1. The van der Waals surface area contributed by atoms with Crippen LogP contribution in [-0.4, -0.2) is 28.6 Å². The lowest BCUT2D eigenvalue weighted by atomic mass is 9.96. The maximum atomic E-state index is 12.2. The first-order chi connectivity index (χ1) is 10.8. The fourth-order valence-corrected chi connectivity index (χ4v) is 2.99. The quantitative estimate of drug-likeness (QED) is 0.518. The van der Waals surface area contributed by atoms with E-state index in [1.165, 1.54) is 4.90 Å². The number of hydrogen-bond donors (Lipinski definition) is 2. The van der Waals surface area contributed by atoms with Crippen LogP contribution in [0.5, 0.6) is 0 Å². The molecule has 1 aliphatic carbocycles. The normalized spacial score (nSPS) is 14.0. The Kier molecular flexibility index (Phi) is 4.58. The Hall–Kier alpha value is -2.08. The first-order valence-corrected chi connectivity index (χ1v) is 8.54. The average molecular weight is 314 g/mol. The number of aryl methyl sites for hydroxylation is 1. The van der Waals surface area contributed by atoms with Crippen LogP contribution in [0.15, 0.2) is 34.3 Å². The SMILES string of the molecule is CSc1ccc(C=NNC(=O)c2n[nH]c3c2CCCC3)cc1. The third-order valence-corrected chi connectivity index (χ3v) is 4.51. The molecule has 1 aromatic heterocycles. The van der Waals surface area contributed by atoms with Crippen molar-refractivity contribution in [3.63, 3.8) is 0 Å². The monoisotopic (exact) mass is 314 g/mol. The number of fused-ring (bicyclic) bond motifs is 1. The van der Waals surface area contributed by atoms with Gasteiger partial charge in [-0.15, -0.1) is 11.8 Å². The number of hydrazone groups is 1. The van der Waals surface area contributed by atoms with Crippen LogP contribution in [0.2, 0.25) is 0 Å². The van der Waals surface area contributed by atoms with E-state index in [0.717, 1.165) is 42.5 Å². The number of benzene rings is 1. The highest BCUT2D eigenvalue weighted by Crippen LogP contribution is 2.21. The van der Waals surface area contributed by atoms with Gasteiger partial charge in [0.25, 0.3) is 5.91 Å². The summed E-state index contributed by atoms with van der Waals surface area (Å²) in [7, 11) is 0. The summed E-state index contributed by atoms with van der Waals surface area (Å²) in [5.41, 5.74) is 6.11. The lowest BCUT2D eigenvalue weighted by Gasteiger charge is -2.10. The molecule has 0 unspecified atom stereocenters. The molecule has 1 aromatic carbocycles. The molecule has 2 aromatic rings. The number of carbonyl (C=O) groups is 1. The Morgan fingerprint density at radius 2 is 2.09 bits per heavy atom. The average Bonchev–Trinajstić information content (AvgIpc) is 2.99. The van der Waals surface area contributed by atoms with Crippen LogP contribution in [0.4, 0.5) is 0 Å². The van der Waals surface area contributed by atoms with E-state index in [2.05, 4.69) is 20.7 Å². The van der Waals surface area contributed by atoms with E-state index in [1.54, 1.807) is 18.0 Å². The van der Waals surface area contributed by atoms with Crippen LogP contribution in [0.1, 0.15) is 40.2 Å². The van der Waals surface area contributed by atoms with Crippen molar-refractivity contribution >= 4 is 23.9 Å². The molecule has 0 saturated heterocycles. The van der Waals surface area contributed by atoms with Crippen molar-refractivity contribution in [1.82, 2.24) is 15.6 Å². The summed E-state index contributed by atoms with van der Waals surface area (Å²) >= 11 is 1.69. The molecule has 3 rings (SSSR count). The molecule has 0 bridgehead atoms. The third kappa shape index (κ3) is 3.22. The van der Waals surface area contributed by atoms with E-state index in [9.17, 15) is 4.79 Å². The molecule has 1 aliphatic rings. The van der Waals surface area contributed by atoms with Crippen LogP contribution in [-0.2, 0) is 12.8 Å². The van der Waals surface area contributed by atoms with E-state index in [1.807, 2.05) is 30.5 Å². The van der Waals surface area contributed by atoms with Gasteiger partial charge < -0.3 is 0 Å². The van der Waals surface area contributed by atoms with E-state index in [4.69, 9.17) is 0 Å². The number of aromatic amines is 1. The minimum Gasteiger partial charge on any atom is -0.281 e. The highest BCUT2D eigenvalue weighted by molar-refractivity contribution is 7.98. The van der Waals surface area contributed by atoms with E-state index in [0.29, 0.717) is 5.69 Å². The molecule has 22 heavy (non-hydrogen) atoms.